The van der Waals surface area contributed by atoms with Crippen LogP contribution in [0.5, 0.6) is 5.75 Å². The third-order valence-electron chi connectivity index (χ3n) is 5.07. The summed E-state index contributed by atoms with van der Waals surface area (Å²) in [6, 6.07) is 8.02. The Morgan fingerprint density at radius 3 is 2.84 bits per heavy atom. The summed E-state index contributed by atoms with van der Waals surface area (Å²) >= 11 is 0. The molecule has 0 radical (unpaired) electrons. The lowest BCUT2D eigenvalue weighted by molar-refractivity contribution is 0.252. The van der Waals surface area contributed by atoms with E-state index in [1.165, 1.54) is 50.8 Å². The Hall–Kier alpha value is -0.730. The summed E-state index contributed by atoms with van der Waals surface area (Å²) in [6.45, 7) is 2.44. The SMILES string of the molecule is CN1CCCC2(c3cccc(O)c3)CCCC2C1.Cl. The highest BCUT2D eigenvalue weighted by molar-refractivity contribution is 5.85. The summed E-state index contributed by atoms with van der Waals surface area (Å²) in [5.74, 6) is 1.19. The van der Waals surface area contributed by atoms with Crippen LogP contribution in [0.15, 0.2) is 24.3 Å². The van der Waals surface area contributed by atoms with Crippen LogP contribution >= 0.6 is 12.4 Å². The average Bonchev–Trinajstić information content (AvgIpc) is 2.66. The van der Waals surface area contributed by atoms with Gasteiger partial charge >= 0.3 is 0 Å². The molecule has 19 heavy (non-hydrogen) atoms. The minimum absolute atomic E-state index is 0. The van der Waals surface area contributed by atoms with Gasteiger partial charge in [-0.05, 0) is 68.3 Å². The molecule has 1 saturated heterocycles. The Morgan fingerprint density at radius 1 is 1.26 bits per heavy atom. The minimum Gasteiger partial charge on any atom is -0.508 e. The van der Waals surface area contributed by atoms with Crippen LogP contribution in [0.2, 0.25) is 0 Å². The van der Waals surface area contributed by atoms with Crippen molar-refractivity contribution in [2.45, 2.75) is 37.5 Å². The van der Waals surface area contributed by atoms with E-state index in [0.717, 1.165) is 5.92 Å². The van der Waals surface area contributed by atoms with Crippen molar-refractivity contribution in [1.82, 2.24) is 4.90 Å². The fourth-order valence-electron chi connectivity index (χ4n) is 4.21. The largest absolute Gasteiger partial charge is 0.508 e. The van der Waals surface area contributed by atoms with E-state index in [1.54, 1.807) is 6.07 Å². The zero-order valence-corrected chi connectivity index (χ0v) is 12.5. The van der Waals surface area contributed by atoms with Crippen molar-refractivity contribution < 1.29 is 5.11 Å². The van der Waals surface area contributed by atoms with Gasteiger partial charge in [-0.15, -0.1) is 12.4 Å². The molecule has 0 spiro atoms. The van der Waals surface area contributed by atoms with Crippen LogP contribution in [0.25, 0.3) is 0 Å². The highest BCUT2D eigenvalue weighted by atomic mass is 35.5. The van der Waals surface area contributed by atoms with Crippen molar-refractivity contribution in [1.29, 1.82) is 0 Å². The van der Waals surface area contributed by atoms with Crippen molar-refractivity contribution in [3.05, 3.63) is 29.8 Å². The first-order valence-corrected chi connectivity index (χ1v) is 7.19. The standard InChI is InChI=1S/C16H23NO.ClH/c1-17-10-4-9-16(8-3-6-14(16)12-17)13-5-2-7-15(18)11-13;/h2,5,7,11,14,18H,3-4,6,8-10,12H2,1H3;1H. The second-order valence-corrected chi connectivity index (χ2v) is 6.16. The number of halogens is 1. The van der Waals surface area contributed by atoms with Crippen LogP contribution in [0, 0.1) is 5.92 Å². The molecule has 2 fully saturated rings. The van der Waals surface area contributed by atoms with Crippen molar-refractivity contribution in [3.8, 4) is 5.75 Å². The molecule has 0 amide bonds. The molecule has 2 atom stereocenters. The first-order valence-electron chi connectivity index (χ1n) is 7.19. The molecule has 1 aliphatic carbocycles. The zero-order valence-electron chi connectivity index (χ0n) is 11.6. The van der Waals surface area contributed by atoms with Crippen LogP contribution in [0.3, 0.4) is 0 Å². The van der Waals surface area contributed by atoms with E-state index in [-0.39, 0.29) is 12.4 Å². The number of phenolic OH excluding ortho intramolecular Hbond substituents is 1. The lowest BCUT2D eigenvalue weighted by Gasteiger charge is -2.35. The van der Waals surface area contributed by atoms with Crippen LogP contribution < -0.4 is 0 Å². The molecule has 3 heteroatoms. The van der Waals surface area contributed by atoms with Crippen molar-refractivity contribution in [2.75, 3.05) is 20.1 Å². The topological polar surface area (TPSA) is 23.5 Å². The molecular formula is C16H24ClNO. The molecule has 2 unspecified atom stereocenters. The Kier molecular flexibility index (Phi) is 4.42. The van der Waals surface area contributed by atoms with Crippen LogP contribution in [-0.2, 0) is 5.41 Å². The van der Waals surface area contributed by atoms with Gasteiger partial charge in [0.25, 0.3) is 0 Å². The third-order valence-corrected chi connectivity index (χ3v) is 5.07. The highest BCUT2D eigenvalue weighted by Crippen LogP contribution is 2.50. The smallest absolute Gasteiger partial charge is 0.115 e. The van der Waals surface area contributed by atoms with E-state index in [9.17, 15) is 5.11 Å². The number of likely N-dealkylation sites (tertiary alicyclic amines) is 1. The maximum Gasteiger partial charge on any atom is 0.115 e. The molecule has 1 N–H and O–H groups in total. The third kappa shape index (κ3) is 2.61. The molecule has 1 heterocycles. The summed E-state index contributed by atoms with van der Waals surface area (Å²) < 4.78 is 0. The van der Waals surface area contributed by atoms with Gasteiger partial charge in [-0.25, -0.2) is 0 Å². The molecule has 0 aromatic heterocycles. The average molecular weight is 282 g/mol. The molecule has 2 aliphatic rings. The van der Waals surface area contributed by atoms with E-state index < -0.39 is 0 Å². The number of benzene rings is 1. The first-order chi connectivity index (χ1) is 8.71. The second kappa shape index (κ2) is 5.72. The van der Waals surface area contributed by atoms with Gasteiger partial charge < -0.3 is 10.0 Å². The van der Waals surface area contributed by atoms with Crippen LogP contribution in [0.1, 0.15) is 37.7 Å². The Labute approximate surface area is 122 Å². The van der Waals surface area contributed by atoms with E-state index in [1.807, 2.05) is 12.1 Å². The molecule has 0 bridgehead atoms. The van der Waals surface area contributed by atoms with Crippen LogP contribution in [-0.4, -0.2) is 30.1 Å². The predicted molar refractivity (Wildman–Crippen MR) is 81.1 cm³/mol. The quantitative estimate of drug-likeness (QED) is 0.851. The molecular weight excluding hydrogens is 258 g/mol. The lowest BCUT2D eigenvalue weighted by atomic mass is 9.69. The number of phenols is 1. The van der Waals surface area contributed by atoms with Crippen molar-refractivity contribution in [3.63, 3.8) is 0 Å². The Morgan fingerprint density at radius 2 is 2.05 bits per heavy atom. The molecule has 2 nitrogen and oxygen atoms in total. The normalized spacial score (nSPS) is 31.3. The maximum atomic E-state index is 9.77. The van der Waals surface area contributed by atoms with Gasteiger partial charge in [-0.1, -0.05) is 18.6 Å². The summed E-state index contributed by atoms with van der Waals surface area (Å²) in [7, 11) is 2.25. The van der Waals surface area contributed by atoms with E-state index in [4.69, 9.17) is 0 Å². The fraction of sp³-hybridized carbons (Fsp3) is 0.625. The molecule has 3 rings (SSSR count). The first kappa shape index (κ1) is 14.7. The second-order valence-electron chi connectivity index (χ2n) is 6.16. The van der Waals surface area contributed by atoms with Gasteiger partial charge in [0.05, 0.1) is 0 Å². The van der Waals surface area contributed by atoms with E-state index >= 15 is 0 Å². The monoisotopic (exact) mass is 281 g/mol. The van der Waals surface area contributed by atoms with Crippen molar-refractivity contribution in [2.24, 2.45) is 5.92 Å². The summed E-state index contributed by atoms with van der Waals surface area (Å²) in [5, 5.41) is 9.77. The molecule has 1 aromatic carbocycles. The van der Waals surface area contributed by atoms with Gasteiger partial charge in [0, 0.05) is 6.54 Å². The zero-order chi connectivity index (χ0) is 12.6. The highest BCUT2D eigenvalue weighted by Gasteiger charge is 2.45. The summed E-state index contributed by atoms with van der Waals surface area (Å²) in [5.41, 5.74) is 1.71. The number of hydrogen-bond donors (Lipinski definition) is 1. The number of aromatic hydroxyl groups is 1. The maximum absolute atomic E-state index is 9.77. The van der Waals surface area contributed by atoms with Gasteiger partial charge in [0.15, 0.2) is 0 Å². The number of rotatable bonds is 1. The predicted octanol–water partition coefficient (Wildman–Crippen LogP) is 3.58. The molecule has 1 aromatic rings. The van der Waals surface area contributed by atoms with Crippen LogP contribution in [0.4, 0.5) is 0 Å². The Balaban J connectivity index is 0.00000133. The molecule has 106 valence electrons. The van der Waals surface area contributed by atoms with E-state index in [0.29, 0.717) is 11.2 Å². The number of fused-ring (bicyclic) bond motifs is 1. The summed E-state index contributed by atoms with van der Waals surface area (Å²) in [4.78, 5) is 2.49. The van der Waals surface area contributed by atoms with Gasteiger partial charge in [-0.2, -0.15) is 0 Å². The minimum atomic E-state index is 0. The van der Waals surface area contributed by atoms with Gasteiger partial charge in [0.2, 0.25) is 0 Å². The Bertz CT molecular complexity index is 437. The van der Waals surface area contributed by atoms with E-state index in [2.05, 4.69) is 18.0 Å². The number of nitrogens with zero attached hydrogens (tertiary/aromatic N) is 1. The molecule has 1 saturated carbocycles. The summed E-state index contributed by atoms with van der Waals surface area (Å²) in [6.07, 6.45) is 6.55. The fourth-order valence-corrected chi connectivity index (χ4v) is 4.21. The van der Waals surface area contributed by atoms with Gasteiger partial charge in [-0.3, -0.25) is 0 Å². The lowest BCUT2D eigenvalue weighted by Crippen LogP contribution is -2.34. The molecule has 1 aliphatic heterocycles. The van der Waals surface area contributed by atoms with Crippen molar-refractivity contribution >= 4 is 12.4 Å². The van der Waals surface area contributed by atoms with Gasteiger partial charge in [0.1, 0.15) is 5.75 Å². The number of hydrogen-bond acceptors (Lipinski definition) is 2.